The number of carbonyl (C=O) groups is 1. The van der Waals surface area contributed by atoms with Crippen LogP contribution in [0.15, 0.2) is 59.8 Å². The summed E-state index contributed by atoms with van der Waals surface area (Å²) in [5.41, 5.74) is 3.28. The third kappa shape index (κ3) is 4.12. The van der Waals surface area contributed by atoms with Crippen molar-refractivity contribution in [3.05, 3.63) is 65.7 Å². The summed E-state index contributed by atoms with van der Waals surface area (Å²) in [5.74, 6) is 0.873. The molecule has 2 aromatic carbocycles. The van der Waals surface area contributed by atoms with Crippen molar-refractivity contribution in [3.8, 4) is 11.4 Å². The van der Waals surface area contributed by atoms with Gasteiger partial charge < -0.3 is 4.90 Å². The molecule has 0 aliphatic carbocycles. The number of H-pyrrole nitrogens is 1. The fraction of sp³-hybridized carbons (Fsp3) is 0.318. The molecule has 1 N–H and O–H groups in total. The molecule has 1 aliphatic rings. The van der Waals surface area contributed by atoms with E-state index in [-0.39, 0.29) is 11.2 Å². The van der Waals surface area contributed by atoms with Gasteiger partial charge in [0.25, 0.3) is 0 Å². The molecule has 1 fully saturated rings. The summed E-state index contributed by atoms with van der Waals surface area (Å²) in [7, 11) is 0. The summed E-state index contributed by atoms with van der Waals surface area (Å²) < 4.78 is 0. The first-order chi connectivity index (χ1) is 13.7. The zero-order chi connectivity index (χ0) is 19.3. The summed E-state index contributed by atoms with van der Waals surface area (Å²) in [5, 5.41) is 7.65. The molecule has 144 valence electrons. The van der Waals surface area contributed by atoms with E-state index in [1.54, 1.807) is 0 Å². The predicted molar refractivity (Wildman–Crippen MR) is 112 cm³/mol. The lowest BCUT2D eigenvalue weighted by atomic mass is 10.1. The Morgan fingerprint density at radius 3 is 2.50 bits per heavy atom. The van der Waals surface area contributed by atoms with Gasteiger partial charge in [0.1, 0.15) is 5.25 Å². The fourth-order valence-corrected chi connectivity index (χ4v) is 4.42. The van der Waals surface area contributed by atoms with Crippen molar-refractivity contribution in [1.82, 2.24) is 20.1 Å². The minimum Gasteiger partial charge on any atom is -0.341 e. The Hall–Kier alpha value is -2.60. The quantitative estimate of drug-likeness (QED) is 0.628. The Labute approximate surface area is 169 Å². The largest absolute Gasteiger partial charge is 0.341 e. The number of rotatable bonds is 6. The van der Waals surface area contributed by atoms with Crippen molar-refractivity contribution in [2.75, 3.05) is 13.1 Å². The molecule has 1 aliphatic heterocycles. The molecule has 0 spiro atoms. The highest BCUT2D eigenvalue weighted by atomic mass is 32.2. The van der Waals surface area contributed by atoms with Crippen molar-refractivity contribution in [2.24, 2.45) is 0 Å². The van der Waals surface area contributed by atoms with Gasteiger partial charge in [-0.2, -0.15) is 0 Å². The van der Waals surface area contributed by atoms with E-state index in [2.05, 4.69) is 46.4 Å². The molecular formula is C22H24N4OS. The van der Waals surface area contributed by atoms with Crippen LogP contribution < -0.4 is 0 Å². The van der Waals surface area contributed by atoms with E-state index in [1.165, 1.54) is 17.3 Å². The number of aromatic nitrogens is 3. The highest BCUT2D eigenvalue weighted by Gasteiger charge is 2.29. The monoisotopic (exact) mass is 392 g/mol. The van der Waals surface area contributed by atoms with Crippen LogP contribution in [-0.2, 0) is 11.2 Å². The van der Waals surface area contributed by atoms with Gasteiger partial charge in [0, 0.05) is 18.7 Å². The third-order valence-electron chi connectivity index (χ3n) is 5.07. The van der Waals surface area contributed by atoms with Gasteiger partial charge in [0.2, 0.25) is 11.1 Å². The molecule has 0 unspecified atom stereocenters. The molecule has 3 aromatic rings. The molecule has 1 saturated heterocycles. The van der Waals surface area contributed by atoms with Gasteiger partial charge in [0.15, 0.2) is 5.82 Å². The highest BCUT2D eigenvalue weighted by molar-refractivity contribution is 8.00. The van der Waals surface area contributed by atoms with Crippen LogP contribution in [0.5, 0.6) is 0 Å². The van der Waals surface area contributed by atoms with E-state index < -0.39 is 0 Å². The van der Waals surface area contributed by atoms with E-state index in [4.69, 9.17) is 0 Å². The maximum atomic E-state index is 13.1. The molecule has 2 heterocycles. The summed E-state index contributed by atoms with van der Waals surface area (Å²) in [6.45, 7) is 3.82. The summed E-state index contributed by atoms with van der Waals surface area (Å²) in [6, 6.07) is 18.2. The van der Waals surface area contributed by atoms with Crippen LogP contribution in [0.2, 0.25) is 0 Å². The molecular weight excluding hydrogens is 368 g/mol. The first-order valence-electron chi connectivity index (χ1n) is 9.76. The van der Waals surface area contributed by atoms with Crippen LogP contribution in [0, 0.1) is 0 Å². The molecule has 28 heavy (non-hydrogen) atoms. The lowest BCUT2D eigenvalue weighted by Crippen LogP contribution is -2.31. The number of carbonyl (C=O) groups excluding carboxylic acids is 1. The Morgan fingerprint density at radius 2 is 1.82 bits per heavy atom. The second-order valence-electron chi connectivity index (χ2n) is 6.96. The molecule has 6 heteroatoms. The number of benzene rings is 2. The molecule has 0 saturated carbocycles. The first kappa shape index (κ1) is 18.7. The average molecular weight is 393 g/mol. The van der Waals surface area contributed by atoms with Crippen molar-refractivity contribution < 1.29 is 4.79 Å². The second-order valence-corrected chi connectivity index (χ2v) is 8.03. The van der Waals surface area contributed by atoms with Gasteiger partial charge in [0.05, 0.1) is 0 Å². The van der Waals surface area contributed by atoms with E-state index in [1.807, 2.05) is 35.2 Å². The van der Waals surface area contributed by atoms with E-state index in [0.717, 1.165) is 49.3 Å². The van der Waals surface area contributed by atoms with E-state index in [0.29, 0.717) is 5.16 Å². The lowest BCUT2D eigenvalue weighted by molar-refractivity contribution is -0.129. The maximum absolute atomic E-state index is 13.1. The number of likely N-dealkylation sites (tertiary alicyclic amines) is 1. The van der Waals surface area contributed by atoms with Crippen molar-refractivity contribution in [3.63, 3.8) is 0 Å². The number of thioether (sulfide) groups is 1. The highest BCUT2D eigenvalue weighted by Crippen LogP contribution is 2.36. The standard InChI is InChI=1S/C22H24N4OS/c1-2-16-10-12-18(13-11-16)20-23-22(25-24-20)28-19(17-8-4-3-5-9-17)21(27)26-14-6-7-15-26/h3-5,8-13,19H,2,6-7,14-15H2,1H3,(H,23,24,25)/t19-/m1/s1. The number of amides is 1. The van der Waals surface area contributed by atoms with Crippen molar-refractivity contribution in [1.29, 1.82) is 0 Å². The molecule has 1 amide bonds. The van der Waals surface area contributed by atoms with Crippen LogP contribution in [0.3, 0.4) is 0 Å². The Balaban J connectivity index is 1.56. The third-order valence-corrected chi connectivity index (χ3v) is 6.17. The number of aryl methyl sites for hydroxylation is 1. The van der Waals surface area contributed by atoms with Crippen LogP contribution in [0.25, 0.3) is 11.4 Å². The van der Waals surface area contributed by atoms with Gasteiger partial charge in [-0.3, -0.25) is 9.89 Å². The van der Waals surface area contributed by atoms with Crippen LogP contribution in [0.1, 0.15) is 36.1 Å². The van der Waals surface area contributed by atoms with Gasteiger partial charge in [-0.1, -0.05) is 73.3 Å². The minimum atomic E-state index is -0.328. The maximum Gasteiger partial charge on any atom is 0.240 e. The summed E-state index contributed by atoms with van der Waals surface area (Å²) in [6.07, 6.45) is 3.17. The summed E-state index contributed by atoms with van der Waals surface area (Å²) >= 11 is 1.42. The molecule has 0 bridgehead atoms. The SMILES string of the molecule is CCc1ccc(-c2nc(S[C@@H](C(=O)N3CCCC3)c3ccccc3)n[nH]2)cc1. The minimum absolute atomic E-state index is 0.146. The van der Waals surface area contributed by atoms with E-state index >= 15 is 0 Å². The number of nitrogens with one attached hydrogen (secondary N) is 1. The number of nitrogens with zero attached hydrogens (tertiary/aromatic N) is 3. The molecule has 1 atom stereocenters. The van der Waals surface area contributed by atoms with Gasteiger partial charge in [-0.15, -0.1) is 5.10 Å². The van der Waals surface area contributed by atoms with Crippen molar-refractivity contribution in [2.45, 2.75) is 36.6 Å². The topological polar surface area (TPSA) is 61.9 Å². The van der Waals surface area contributed by atoms with Crippen molar-refractivity contribution >= 4 is 17.7 Å². The smallest absolute Gasteiger partial charge is 0.240 e. The Morgan fingerprint density at radius 1 is 1.11 bits per heavy atom. The van der Waals surface area contributed by atoms with Crippen LogP contribution >= 0.6 is 11.8 Å². The second kappa shape index (κ2) is 8.61. The zero-order valence-corrected chi connectivity index (χ0v) is 16.8. The normalized spacial score (nSPS) is 15.0. The predicted octanol–water partition coefficient (Wildman–Crippen LogP) is 4.49. The first-order valence-corrected chi connectivity index (χ1v) is 10.6. The Kier molecular flexibility index (Phi) is 5.76. The Bertz CT molecular complexity index is 917. The van der Waals surface area contributed by atoms with Gasteiger partial charge in [-0.25, -0.2) is 4.98 Å². The fourth-order valence-electron chi connectivity index (χ4n) is 3.42. The van der Waals surface area contributed by atoms with Crippen LogP contribution in [0.4, 0.5) is 0 Å². The number of hydrogen-bond acceptors (Lipinski definition) is 4. The van der Waals surface area contributed by atoms with Gasteiger partial charge >= 0.3 is 0 Å². The zero-order valence-electron chi connectivity index (χ0n) is 16.0. The van der Waals surface area contributed by atoms with Gasteiger partial charge in [-0.05, 0) is 30.4 Å². The summed E-state index contributed by atoms with van der Waals surface area (Å²) in [4.78, 5) is 19.7. The molecule has 0 radical (unpaired) electrons. The lowest BCUT2D eigenvalue weighted by Gasteiger charge is -2.22. The van der Waals surface area contributed by atoms with E-state index in [9.17, 15) is 4.79 Å². The molecule has 5 nitrogen and oxygen atoms in total. The number of aromatic amines is 1. The average Bonchev–Trinajstić information content (AvgIpc) is 3.45. The molecule has 4 rings (SSSR count). The van der Waals surface area contributed by atoms with Crippen LogP contribution in [-0.4, -0.2) is 39.1 Å². The number of hydrogen-bond donors (Lipinski definition) is 1. The molecule has 1 aromatic heterocycles.